The molecule has 1 aromatic heterocycles. The molecule has 18 heavy (non-hydrogen) atoms. The Hall–Kier alpha value is -1.24. The van der Waals surface area contributed by atoms with Crippen molar-refractivity contribution in [3.05, 3.63) is 21.9 Å². The van der Waals surface area contributed by atoms with E-state index in [9.17, 15) is 18.0 Å². The van der Waals surface area contributed by atoms with Crippen LogP contribution in [0.3, 0.4) is 0 Å². The summed E-state index contributed by atoms with van der Waals surface area (Å²) in [7, 11) is 0. The molecule has 1 aliphatic heterocycles. The van der Waals surface area contributed by atoms with E-state index in [1.54, 1.807) is 0 Å². The SMILES string of the molecule is O=C(O)N1CCC(c2sccc2C(F)(F)F)CC1. The molecular formula is C11H12F3NO2S. The molecule has 7 heteroatoms. The van der Waals surface area contributed by atoms with Gasteiger partial charge in [-0.15, -0.1) is 11.3 Å². The van der Waals surface area contributed by atoms with E-state index in [0.29, 0.717) is 30.8 Å². The molecule has 100 valence electrons. The molecule has 1 fully saturated rings. The predicted molar refractivity (Wildman–Crippen MR) is 60.9 cm³/mol. The zero-order valence-corrected chi connectivity index (χ0v) is 10.2. The van der Waals surface area contributed by atoms with Crippen molar-refractivity contribution in [1.29, 1.82) is 0 Å². The molecule has 0 unspecified atom stereocenters. The van der Waals surface area contributed by atoms with Gasteiger partial charge in [0.05, 0.1) is 5.56 Å². The van der Waals surface area contributed by atoms with Crippen molar-refractivity contribution >= 4 is 17.4 Å². The van der Waals surface area contributed by atoms with Crippen LogP contribution in [0.5, 0.6) is 0 Å². The number of piperidine rings is 1. The highest BCUT2D eigenvalue weighted by Gasteiger charge is 2.37. The van der Waals surface area contributed by atoms with Crippen molar-refractivity contribution in [2.45, 2.75) is 24.9 Å². The third-order valence-electron chi connectivity index (χ3n) is 3.14. The summed E-state index contributed by atoms with van der Waals surface area (Å²) in [4.78, 5) is 12.3. The van der Waals surface area contributed by atoms with E-state index in [1.807, 2.05) is 0 Å². The molecule has 0 bridgehead atoms. The minimum absolute atomic E-state index is 0.183. The Kier molecular flexibility index (Phi) is 3.52. The number of likely N-dealkylation sites (tertiary alicyclic amines) is 1. The van der Waals surface area contributed by atoms with Crippen molar-refractivity contribution in [2.75, 3.05) is 13.1 Å². The van der Waals surface area contributed by atoms with E-state index in [1.165, 1.54) is 10.3 Å². The van der Waals surface area contributed by atoms with Crippen molar-refractivity contribution in [2.24, 2.45) is 0 Å². The Balaban J connectivity index is 2.11. The van der Waals surface area contributed by atoms with Gasteiger partial charge in [-0.25, -0.2) is 4.79 Å². The zero-order valence-electron chi connectivity index (χ0n) is 9.41. The minimum atomic E-state index is -4.32. The lowest BCUT2D eigenvalue weighted by Gasteiger charge is -2.30. The molecule has 0 aliphatic carbocycles. The monoisotopic (exact) mass is 279 g/mol. The Morgan fingerprint density at radius 3 is 2.50 bits per heavy atom. The quantitative estimate of drug-likeness (QED) is 0.852. The van der Waals surface area contributed by atoms with Crippen molar-refractivity contribution in [3.8, 4) is 0 Å². The second-order valence-electron chi connectivity index (χ2n) is 4.24. The van der Waals surface area contributed by atoms with Gasteiger partial charge in [0, 0.05) is 18.0 Å². The summed E-state index contributed by atoms with van der Waals surface area (Å²) in [6, 6.07) is 1.10. The van der Waals surface area contributed by atoms with Crippen molar-refractivity contribution in [3.63, 3.8) is 0 Å². The van der Waals surface area contributed by atoms with Crippen LogP contribution in [0.15, 0.2) is 11.4 Å². The number of rotatable bonds is 1. The molecule has 3 nitrogen and oxygen atoms in total. The molecule has 0 spiro atoms. The first-order valence-corrected chi connectivity index (χ1v) is 6.40. The molecule has 1 saturated heterocycles. The highest BCUT2D eigenvalue weighted by atomic mass is 32.1. The maximum absolute atomic E-state index is 12.7. The Labute approximate surface area is 106 Å². The number of amides is 1. The van der Waals surface area contributed by atoms with Gasteiger partial charge in [-0.3, -0.25) is 0 Å². The molecular weight excluding hydrogens is 267 g/mol. The number of halogens is 3. The lowest BCUT2D eigenvalue weighted by molar-refractivity contribution is -0.138. The highest BCUT2D eigenvalue weighted by molar-refractivity contribution is 7.10. The van der Waals surface area contributed by atoms with Gasteiger partial charge < -0.3 is 10.0 Å². The van der Waals surface area contributed by atoms with E-state index < -0.39 is 17.8 Å². The Morgan fingerprint density at radius 2 is 2.00 bits per heavy atom. The molecule has 0 saturated carbocycles. The minimum Gasteiger partial charge on any atom is -0.465 e. The van der Waals surface area contributed by atoms with Gasteiger partial charge >= 0.3 is 12.3 Å². The normalized spacial score (nSPS) is 18.1. The van der Waals surface area contributed by atoms with E-state index in [4.69, 9.17) is 5.11 Å². The summed E-state index contributed by atoms with van der Waals surface area (Å²) in [6.45, 7) is 0.602. The second kappa shape index (κ2) is 4.79. The second-order valence-corrected chi connectivity index (χ2v) is 5.19. The molecule has 2 heterocycles. The lowest BCUT2D eigenvalue weighted by atomic mass is 9.93. The summed E-state index contributed by atoms with van der Waals surface area (Å²) in [5, 5.41) is 10.2. The molecule has 0 radical (unpaired) electrons. The maximum atomic E-state index is 12.7. The van der Waals surface area contributed by atoms with Crippen LogP contribution in [-0.2, 0) is 6.18 Å². The van der Waals surface area contributed by atoms with Crippen LogP contribution in [-0.4, -0.2) is 29.2 Å². The third-order valence-corrected chi connectivity index (χ3v) is 4.22. The van der Waals surface area contributed by atoms with Crippen LogP contribution in [0.1, 0.15) is 29.2 Å². The molecule has 1 N–H and O–H groups in total. The lowest BCUT2D eigenvalue weighted by Crippen LogP contribution is -2.36. The fourth-order valence-electron chi connectivity index (χ4n) is 2.20. The topological polar surface area (TPSA) is 40.5 Å². The fourth-order valence-corrected chi connectivity index (χ4v) is 3.29. The van der Waals surface area contributed by atoms with Crippen LogP contribution < -0.4 is 0 Å². The van der Waals surface area contributed by atoms with E-state index >= 15 is 0 Å². The molecule has 1 amide bonds. The van der Waals surface area contributed by atoms with Gasteiger partial charge in [0.1, 0.15) is 0 Å². The third kappa shape index (κ3) is 2.60. The molecule has 1 aliphatic rings. The van der Waals surface area contributed by atoms with E-state index in [-0.39, 0.29) is 5.92 Å². The van der Waals surface area contributed by atoms with Gasteiger partial charge in [-0.1, -0.05) is 0 Å². The van der Waals surface area contributed by atoms with Crippen LogP contribution in [0, 0.1) is 0 Å². The molecule has 0 aromatic carbocycles. The fraction of sp³-hybridized carbons (Fsp3) is 0.545. The number of carbonyl (C=O) groups is 1. The number of nitrogens with zero attached hydrogens (tertiary/aromatic N) is 1. The first-order chi connectivity index (χ1) is 8.39. The molecule has 1 aromatic rings. The van der Waals surface area contributed by atoms with Crippen LogP contribution >= 0.6 is 11.3 Å². The average molecular weight is 279 g/mol. The van der Waals surface area contributed by atoms with E-state index in [0.717, 1.165) is 17.4 Å². The summed E-state index contributed by atoms with van der Waals surface area (Å²) >= 11 is 1.11. The molecule has 2 rings (SSSR count). The highest BCUT2D eigenvalue weighted by Crippen LogP contribution is 2.41. The van der Waals surface area contributed by atoms with Gasteiger partial charge in [0.25, 0.3) is 0 Å². The smallest absolute Gasteiger partial charge is 0.417 e. The van der Waals surface area contributed by atoms with Crippen LogP contribution in [0.2, 0.25) is 0 Å². The number of thiophene rings is 1. The standard InChI is InChI=1S/C11H12F3NO2S/c12-11(13,14)8-3-6-18-9(8)7-1-4-15(5-2-7)10(16)17/h3,6-7H,1-2,4-5H2,(H,16,17). The predicted octanol–water partition coefficient (Wildman–Crippen LogP) is 3.62. The van der Waals surface area contributed by atoms with Gasteiger partial charge in [-0.2, -0.15) is 13.2 Å². The van der Waals surface area contributed by atoms with Crippen molar-refractivity contribution < 1.29 is 23.1 Å². The number of hydrogen-bond donors (Lipinski definition) is 1. The van der Waals surface area contributed by atoms with Gasteiger partial charge in [-0.05, 0) is 30.2 Å². The number of carboxylic acid groups (broad SMARTS) is 1. The van der Waals surface area contributed by atoms with Crippen molar-refractivity contribution in [1.82, 2.24) is 4.90 Å². The van der Waals surface area contributed by atoms with Crippen LogP contribution in [0.25, 0.3) is 0 Å². The summed E-state index contributed by atoms with van der Waals surface area (Å²) in [5.74, 6) is -0.183. The average Bonchev–Trinajstić information content (AvgIpc) is 2.77. The first-order valence-electron chi connectivity index (χ1n) is 5.52. The van der Waals surface area contributed by atoms with Crippen LogP contribution in [0.4, 0.5) is 18.0 Å². The number of alkyl halides is 3. The Morgan fingerprint density at radius 1 is 1.39 bits per heavy atom. The summed E-state index contributed by atoms with van der Waals surface area (Å²) < 4.78 is 38.2. The first kappa shape index (κ1) is 13.2. The Bertz CT molecular complexity index is 436. The maximum Gasteiger partial charge on any atom is 0.417 e. The summed E-state index contributed by atoms with van der Waals surface area (Å²) in [5.41, 5.74) is -0.568. The van der Waals surface area contributed by atoms with Gasteiger partial charge in [0.15, 0.2) is 0 Å². The largest absolute Gasteiger partial charge is 0.465 e. The van der Waals surface area contributed by atoms with E-state index in [2.05, 4.69) is 0 Å². The number of hydrogen-bond acceptors (Lipinski definition) is 2. The summed E-state index contributed by atoms with van der Waals surface area (Å²) in [6.07, 6.45) is -4.42. The van der Waals surface area contributed by atoms with Gasteiger partial charge in [0.2, 0.25) is 0 Å². The molecule has 0 atom stereocenters. The zero-order chi connectivity index (χ0) is 13.3.